The first-order chi connectivity index (χ1) is 12.5. The maximum Gasteiger partial charge on any atom is 0.287 e. The van der Waals surface area contributed by atoms with Crippen LogP contribution in [-0.2, 0) is 19.7 Å². The van der Waals surface area contributed by atoms with Crippen molar-refractivity contribution < 1.29 is 13.9 Å². The third kappa shape index (κ3) is 4.33. The van der Waals surface area contributed by atoms with Crippen LogP contribution in [0.3, 0.4) is 0 Å². The van der Waals surface area contributed by atoms with Gasteiger partial charge in [-0.15, -0.1) is 0 Å². The molecule has 0 radical (unpaired) electrons. The molecule has 0 unspecified atom stereocenters. The maximum absolute atomic E-state index is 12.2. The standard InChI is InChI=1S/C20H23N3O3/c1-4-23-10-9-16(22-23)12-21-20(24)19-8-7-18(26-19)13-25-17-6-5-14(2)15(3)11-17/h5-11H,4,12-13H2,1-3H3,(H,21,24). The van der Waals surface area contributed by atoms with Crippen LogP contribution in [0.4, 0.5) is 0 Å². The lowest BCUT2D eigenvalue weighted by Gasteiger charge is -2.06. The van der Waals surface area contributed by atoms with Crippen LogP contribution in [0.1, 0.15) is 40.1 Å². The molecule has 26 heavy (non-hydrogen) atoms. The minimum Gasteiger partial charge on any atom is -0.486 e. The third-order valence-electron chi connectivity index (χ3n) is 4.19. The Kier molecular flexibility index (Phi) is 5.41. The Morgan fingerprint density at radius 1 is 1.19 bits per heavy atom. The number of nitrogens with one attached hydrogen (secondary N) is 1. The zero-order valence-corrected chi connectivity index (χ0v) is 15.3. The number of aryl methyl sites for hydroxylation is 3. The number of amides is 1. The number of carbonyl (C=O) groups excluding carboxylic acids is 1. The molecule has 3 aromatic rings. The molecular formula is C20H23N3O3. The molecule has 136 valence electrons. The van der Waals surface area contributed by atoms with Crippen molar-refractivity contribution in [3.63, 3.8) is 0 Å². The van der Waals surface area contributed by atoms with E-state index in [0.717, 1.165) is 18.0 Å². The number of ether oxygens (including phenoxy) is 1. The second-order valence-electron chi connectivity index (χ2n) is 6.15. The van der Waals surface area contributed by atoms with Gasteiger partial charge in [0.05, 0.1) is 12.2 Å². The highest BCUT2D eigenvalue weighted by Gasteiger charge is 2.12. The lowest BCUT2D eigenvalue weighted by atomic mass is 10.1. The Balaban J connectivity index is 1.53. The van der Waals surface area contributed by atoms with Crippen molar-refractivity contribution in [2.75, 3.05) is 0 Å². The average molecular weight is 353 g/mol. The van der Waals surface area contributed by atoms with E-state index in [2.05, 4.69) is 17.3 Å². The maximum atomic E-state index is 12.2. The molecule has 6 heteroatoms. The topological polar surface area (TPSA) is 69.3 Å². The minimum absolute atomic E-state index is 0.263. The van der Waals surface area contributed by atoms with Gasteiger partial charge >= 0.3 is 0 Å². The lowest BCUT2D eigenvalue weighted by Crippen LogP contribution is -2.22. The molecule has 0 fully saturated rings. The molecule has 1 amide bonds. The van der Waals surface area contributed by atoms with Gasteiger partial charge in [-0.1, -0.05) is 6.07 Å². The highest BCUT2D eigenvalue weighted by Crippen LogP contribution is 2.18. The Bertz CT molecular complexity index is 895. The van der Waals surface area contributed by atoms with Crippen LogP contribution in [-0.4, -0.2) is 15.7 Å². The van der Waals surface area contributed by atoms with Gasteiger partial charge in [-0.05, 0) is 62.2 Å². The molecule has 1 N–H and O–H groups in total. The largest absolute Gasteiger partial charge is 0.486 e. The molecule has 0 bridgehead atoms. The molecule has 0 spiro atoms. The van der Waals surface area contributed by atoms with Crippen LogP contribution in [0.5, 0.6) is 5.75 Å². The van der Waals surface area contributed by atoms with E-state index in [1.165, 1.54) is 11.1 Å². The number of furan rings is 1. The van der Waals surface area contributed by atoms with Crippen molar-refractivity contribution in [1.82, 2.24) is 15.1 Å². The third-order valence-corrected chi connectivity index (χ3v) is 4.19. The number of aromatic nitrogens is 2. The van der Waals surface area contributed by atoms with Gasteiger partial charge in [0, 0.05) is 12.7 Å². The zero-order chi connectivity index (χ0) is 18.5. The number of nitrogens with zero attached hydrogens (tertiary/aromatic N) is 2. The number of benzene rings is 1. The van der Waals surface area contributed by atoms with Crippen LogP contribution < -0.4 is 10.1 Å². The SMILES string of the molecule is CCn1ccc(CNC(=O)c2ccc(COc3ccc(C)c(C)c3)o2)n1. The van der Waals surface area contributed by atoms with Crippen molar-refractivity contribution in [1.29, 1.82) is 0 Å². The number of carbonyl (C=O) groups is 1. The quantitative estimate of drug-likeness (QED) is 0.704. The van der Waals surface area contributed by atoms with Gasteiger partial charge in [0.1, 0.15) is 18.1 Å². The highest BCUT2D eigenvalue weighted by molar-refractivity contribution is 5.91. The summed E-state index contributed by atoms with van der Waals surface area (Å²) in [5, 5.41) is 7.13. The second kappa shape index (κ2) is 7.91. The first kappa shape index (κ1) is 17.8. The van der Waals surface area contributed by atoms with Crippen LogP contribution in [0, 0.1) is 13.8 Å². The van der Waals surface area contributed by atoms with Crippen LogP contribution >= 0.6 is 0 Å². The Morgan fingerprint density at radius 2 is 2.04 bits per heavy atom. The molecule has 0 aliphatic carbocycles. The van der Waals surface area contributed by atoms with E-state index in [0.29, 0.717) is 12.3 Å². The molecule has 0 saturated heterocycles. The van der Waals surface area contributed by atoms with E-state index in [-0.39, 0.29) is 18.3 Å². The van der Waals surface area contributed by atoms with Gasteiger partial charge in [-0.2, -0.15) is 5.10 Å². The summed E-state index contributed by atoms with van der Waals surface area (Å²) >= 11 is 0. The molecule has 2 heterocycles. The first-order valence-electron chi connectivity index (χ1n) is 8.64. The fourth-order valence-corrected chi connectivity index (χ4v) is 2.47. The molecule has 3 rings (SSSR count). The monoisotopic (exact) mass is 353 g/mol. The normalized spacial score (nSPS) is 10.7. The molecule has 0 aliphatic rings. The molecule has 2 aromatic heterocycles. The van der Waals surface area contributed by atoms with Crippen molar-refractivity contribution in [3.05, 3.63) is 70.9 Å². The summed E-state index contributed by atoms with van der Waals surface area (Å²) < 4.78 is 13.1. The first-order valence-corrected chi connectivity index (χ1v) is 8.64. The smallest absolute Gasteiger partial charge is 0.287 e. The fraction of sp³-hybridized carbons (Fsp3) is 0.300. The average Bonchev–Trinajstić information content (AvgIpc) is 3.30. The van der Waals surface area contributed by atoms with Crippen molar-refractivity contribution in [2.45, 2.75) is 40.5 Å². The van der Waals surface area contributed by atoms with E-state index < -0.39 is 0 Å². The van der Waals surface area contributed by atoms with Gasteiger partial charge in [0.25, 0.3) is 5.91 Å². The van der Waals surface area contributed by atoms with Crippen LogP contribution in [0.25, 0.3) is 0 Å². The molecule has 1 aromatic carbocycles. The summed E-state index contributed by atoms with van der Waals surface area (Å²) in [4.78, 5) is 12.2. The van der Waals surface area contributed by atoms with E-state index in [1.807, 2.05) is 49.0 Å². The predicted molar refractivity (Wildman–Crippen MR) is 98.0 cm³/mol. The minimum atomic E-state index is -0.270. The summed E-state index contributed by atoms with van der Waals surface area (Å²) in [7, 11) is 0. The fourth-order valence-electron chi connectivity index (χ4n) is 2.47. The van der Waals surface area contributed by atoms with Crippen molar-refractivity contribution in [3.8, 4) is 5.75 Å². The lowest BCUT2D eigenvalue weighted by molar-refractivity contribution is 0.0918. The van der Waals surface area contributed by atoms with Crippen molar-refractivity contribution in [2.24, 2.45) is 0 Å². The van der Waals surface area contributed by atoms with Gasteiger partial charge in [-0.3, -0.25) is 9.48 Å². The molecule has 0 aliphatic heterocycles. The highest BCUT2D eigenvalue weighted by atomic mass is 16.5. The summed E-state index contributed by atoms with van der Waals surface area (Å²) in [5.41, 5.74) is 3.20. The van der Waals surface area contributed by atoms with E-state index in [9.17, 15) is 4.79 Å². The van der Waals surface area contributed by atoms with Crippen LogP contribution in [0.15, 0.2) is 47.0 Å². The number of rotatable bonds is 7. The zero-order valence-electron chi connectivity index (χ0n) is 15.3. The van der Waals surface area contributed by atoms with Crippen LogP contribution in [0.2, 0.25) is 0 Å². The van der Waals surface area contributed by atoms with Gasteiger partial charge in [0.15, 0.2) is 5.76 Å². The van der Waals surface area contributed by atoms with Gasteiger partial charge in [0.2, 0.25) is 0 Å². The molecule has 0 saturated carbocycles. The van der Waals surface area contributed by atoms with Gasteiger partial charge < -0.3 is 14.5 Å². The predicted octanol–water partition coefficient (Wildman–Crippen LogP) is 3.62. The molecular weight excluding hydrogens is 330 g/mol. The summed E-state index contributed by atoms with van der Waals surface area (Å²) in [6.45, 7) is 7.55. The van der Waals surface area contributed by atoms with E-state index >= 15 is 0 Å². The summed E-state index contributed by atoms with van der Waals surface area (Å²) in [6, 6.07) is 11.2. The summed E-state index contributed by atoms with van der Waals surface area (Å²) in [6.07, 6.45) is 1.89. The summed E-state index contributed by atoms with van der Waals surface area (Å²) in [5.74, 6) is 1.37. The van der Waals surface area contributed by atoms with Gasteiger partial charge in [-0.25, -0.2) is 0 Å². The Hall–Kier alpha value is -3.02. The second-order valence-corrected chi connectivity index (χ2v) is 6.15. The number of hydrogen-bond donors (Lipinski definition) is 1. The Labute approximate surface area is 152 Å². The Morgan fingerprint density at radius 3 is 2.77 bits per heavy atom. The molecule has 6 nitrogen and oxygen atoms in total. The van der Waals surface area contributed by atoms with E-state index in [4.69, 9.17) is 9.15 Å². The van der Waals surface area contributed by atoms with Crippen molar-refractivity contribution >= 4 is 5.91 Å². The van der Waals surface area contributed by atoms with E-state index in [1.54, 1.807) is 12.1 Å². The number of hydrogen-bond acceptors (Lipinski definition) is 4. The molecule has 0 atom stereocenters.